The first-order chi connectivity index (χ1) is 15.0. The summed E-state index contributed by atoms with van der Waals surface area (Å²) in [5.41, 5.74) is 3.88. The molecule has 0 amide bonds. The van der Waals surface area contributed by atoms with E-state index in [1.165, 1.54) is 55.8 Å². The Bertz CT molecular complexity index is 782. The van der Waals surface area contributed by atoms with Gasteiger partial charge in [0.2, 0.25) is 0 Å². The number of rotatable bonds is 12. The molecule has 1 aliphatic heterocycles. The maximum atomic E-state index is 10.5. The molecule has 1 aliphatic rings. The molecule has 0 bridgehead atoms. The van der Waals surface area contributed by atoms with Crippen molar-refractivity contribution >= 4 is 20.0 Å². The van der Waals surface area contributed by atoms with Crippen LogP contribution in [0.5, 0.6) is 11.5 Å². The Morgan fingerprint density at radius 3 is 1.94 bits per heavy atom. The van der Waals surface area contributed by atoms with Gasteiger partial charge in [-0.05, 0) is 5.92 Å². The second-order valence-corrected chi connectivity index (χ2v) is 12.4. The topological polar surface area (TPSA) is 29.5 Å². The number of hydrogen-bond acceptors (Lipinski definition) is 2. The summed E-state index contributed by atoms with van der Waals surface area (Å²) in [5, 5.41) is 10.5. The molecule has 0 aliphatic carbocycles. The molecule has 1 N–H and O–H groups in total. The summed E-state index contributed by atoms with van der Waals surface area (Å²) in [4.78, 5) is 0. The number of ether oxygens (including phenoxy) is 1. The molecule has 3 heteroatoms. The third-order valence-electron chi connectivity index (χ3n) is 7.82. The molecule has 0 aromatic heterocycles. The average molecular weight is 508 g/mol. The van der Waals surface area contributed by atoms with Crippen LogP contribution in [0.4, 0.5) is 0 Å². The van der Waals surface area contributed by atoms with Crippen molar-refractivity contribution in [1.29, 1.82) is 0 Å². The van der Waals surface area contributed by atoms with E-state index in [1.807, 2.05) is 13.8 Å². The molecule has 0 fully saturated rings. The van der Waals surface area contributed by atoms with Crippen molar-refractivity contribution in [3.8, 4) is 11.5 Å². The molecule has 32 heavy (non-hydrogen) atoms. The van der Waals surface area contributed by atoms with E-state index in [0.717, 1.165) is 58.6 Å². The first kappa shape index (κ1) is 27.5. The second kappa shape index (κ2) is 12.1. The second-order valence-electron chi connectivity index (χ2n) is 11.3. The Hall–Kier alpha value is -0.791. The maximum absolute atomic E-state index is 10.5. The van der Waals surface area contributed by atoms with Gasteiger partial charge in [-0.15, -0.1) is 0 Å². The predicted molar refractivity (Wildman–Crippen MR) is 141 cm³/mol. The van der Waals surface area contributed by atoms with Gasteiger partial charge < -0.3 is 0 Å². The molecule has 1 aromatic rings. The van der Waals surface area contributed by atoms with E-state index in [4.69, 9.17) is 4.74 Å². The van der Waals surface area contributed by atoms with Gasteiger partial charge in [0.05, 0.1) is 0 Å². The van der Waals surface area contributed by atoms with Crippen LogP contribution in [0.2, 0.25) is 0 Å². The van der Waals surface area contributed by atoms with Gasteiger partial charge >= 0.3 is 180 Å². The van der Waals surface area contributed by atoms with Crippen LogP contribution in [0.25, 0.3) is 0 Å². The monoisotopic (exact) mass is 508 g/mol. The number of fused-ring (bicyclic) bond motifs is 1. The van der Waals surface area contributed by atoms with E-state index < -0.39 is 0 Å². The number of phenols is 1. The van der Waals surface area contributed by atoms with Gasteiger partial charge in [0.15, 0.2) is 0 Å². The van der Waals surface area contributed by atoms with Gasteiger partial charge in [0.1, 0.15) is 0 Å². The zero-order valence-electron chi connectivity index (χ0n) is 22.1. The van der Waals surface area contributed by atoms with Crippen LogP contribution in [0.15, 0.2) is 0 Å². The first-order valence-corrected chi connectivity index (χ1v) is 13.9. The van der Waals surface area contributed by atoms with Crippen molar-refractivity contribution in [3.63, 3.8) is 0 Å². The van der Waals surface area contributed by atoms with E-state index in [9.17, 15) is 5.11 Å². The molecule has 182 valence electrons. The molecule has 2 rings (SSSR count). The summed E-state index contributed by atoms with van der Waals surface area (Å²) in [6, 6.07) is 0. The molecule has 0 unspecified atom stereocenters. The van der Waals surface area contributed by atoms with E-state index in [0.29, 0.717) is 5.75 Å². The van der Waals surface area contributed by atoms with Crippen LogP contribution in [0.3, 0.4) is 0 Å². The summed E-state index contributed by atoms with van der Waals surface area (Å²) in [5.74, 6) is 3.92. The first-order valence-electron chi connectivity index (χ1n) is 13.0. The fraction of sp³-hybridized carbons (Fsp3) is 0.759. The Morgan fingerprint density at radius 1 is 0.844 bits per heavy atom. The van der Waals surface area contributed by atoms with Gasteiger partial charge in [0.25, 0.3) is 0 Å². The summed E-state index contributed by atoms with van der Waals surface area (Å²) in [6.45, 7) is 17.8. The van der Waals surface area contributed by atoms with Gasteiger partial charge in [-0.2, -0.15) is 0 Å². The molecular formula is C29H48O2Se. The molecule has 3 atom stereocenters. The predicted octanol–water partition coefficient (Wildman–Crippen LogP) is 7.79. The molecular weight excluding hydrogens is 459 g/mol. The van der Waals surface area contributed by atoms with Crippen LogP contribution in [0, 0.1) is 38.5 Å². The van der Waals surface area contributed by atoms with Crippen LogP contribution < -0.4 is 4.74 Å². The van der Waals surface area contributed by atoms with E-state index >= 15 is 0 Å². The molecule has 1 aromatic carbocycles. The Labute approximate surface area is 206 Å². The van der Waals surface area contributed by atoms with Crippen molar-refractivity contribution in [2.24, 2.45) is 17.8 Å². The minimum absolute atomic E-state index is 0.252. The average Bonchev–Trinajstić information content (AvgIpc) is 2.72. The summed E-state index contributed by atoms with van der Waals surface area (Å²) in [6.07, 6.45) is 12.6. The fourth-order valence-corrected chi connectivity index (χ4v) is 5.71. The van der Waals surface area contributed by atoms with E-state index in [2.05, 4.69) is 57.1 Å². The van der Waals surface area contributed by atoms with Crippen LogP contribution in [0.1, 0.15) is 115 Å². The Morgan fingerprint density at radius 2 is 1.38 bits per heavy atom. The van der Waals surface area contributed by atoms with Crippen molar-refractivity contribution in [3.05, 3.63) is 22.3 Å². The summed E-state index contributed by atoms with van der Waals surface area (Å²) >= 11 is 3.31. The summed E-state index contributed by atoms with van der Waals surface area (Å²) in [7, 11) is 0. The van der Waals surface area contributed by atoms with E-state index in [-0.39, 0.29) is 5.60 Å². The molecule has 0 saturated heterocycles. The number of phenolic OH excluding ortho intramolecular Hbond substituents is 1. The van der Waals surface area contributed by atoms with Crippen molar-refractivity contribution in [2.75, 3.05) is 0 Å². The Kier molecular flexibility index (Phi) is 10.4. The molecule has 1 heterocycles. The van der Waals surface area contributed by atoms with Crippen molar-refractivity contribution < 1.29 is 9.84 Å². The van der Waals surface area contributed by atoms with Crippen LogP contribution in [-0.4, -0.2) is 30.7 Å². The summed E-state index contributed by atoms with van der Waals surface area (Å²) < 4.78 is 7.91. The molecule has 0 spiro atoms. The normalized spacial score (nSPS) is 20.2. The fourth-order valence-electron chi connectivity index (χ4n) is 5.11. The van der Waals surface area contributed by atoms with Gasteiger partial charge in [-0.1, -0.05) is 20.3 Å². The Balaban J connectivity index is 1.81. The molecule has 2 nitrogen and oxygen atoms in total. The number of hydrogen-bond donors (Lipinski definition) is 1. The van der Waals surface area contributed by atoms with Gasteiger partial charge in [0, 0.05) is 0 Å². The molecule has 0 radical (unpaired) electrons. The van der Waals surface area contributed by atoms with E-state index in [1.54, 1.807) is 0 Å². The van der Waals surface area contributed by atoms with Crippen molar-refractivity contribution in [2.45, 2.75) is 125 Å². The SMILES string of the molecule is Cc1c(C)c2c(c(C)c1O)CC(=[Se])[C@](C)(CCC[C@H](C)CCC[C@@H](C)CCCC(C)C)O2. The quantitative estimate of drug-likeness (QED) is 0.293. The van der Waals surface area contributed by atoms with Crippen molar-refractivity contribution in [1.82, 2.24) is 0 Å². The van der Waals surface area contributed by atoms with Gasteiger partial charge in [-0.25, -0.2) is 0 Å². The van der Waals surface area contributed by atoms with Crippen LogP contribution >= 0.6 is 0 Å². The third-order valence-corrected chi connectivity index (χ3v) is 9.03. The number of aromatic hydroxyl groups is 1. The third kappa shape index (κ3) is 7.10. The minimum atomic E-state index is -0.252. The number of benzene rings is 1. The van der Waals surface area contributed by atoms with Crippen LogP contribution in [-0.2, 0) is 6.42 Å². The zero-order chi connectivity index (χ0) is 24.1. The standard InChI is InChI=1S/C29H48O2Se/c1-19(2)12-9-13-20(3)14-10-15-21(4)16-11-17-29(8)26(32)18-25-24(7)27(30)22(5)23(6)28(25)31-29/h19-21,30H,9-18H2,1-8H3/t20-,21+,29-/m0/s1. The zero-order valence-corrected chi connectivity index (χ0v) is 23.8. The van der Waals surface area contributed by atoms with Gasteiger partial charge in [-0.3, -0.25) is 0 Å². The molecule has 0 saturated carbocycles.